The maximum atomic E-state index is 10.3. The van der Waals surface area contributed by atoms with Crippen molar-refractivity contribution < 1.29 is 9.84 Å². The van der Waals surface area contributed by atoms with Crippen LogP contribution in [0.2, 0.25) is 0 Å². The van der Waals surface area contributed by atoms with Gasteiger partial charge in [0.15, 0.2) is 0 Å². The summed E-state index contributed by atoms with van der Waals surface area (Å²) >= 11 is 0. The molecular weight excluding hydrogens is 252 g/mol. The van der Waals surface area contributed by atoms with Gasteiger partial charge in [0, 0.05) is 25.1 Å². The van der Waals surface area contributed by atoms with Crippen molar-refractivity contribution in [3.8, 4) is 0 Å². The van der Waals surface area contributed by atoms with E-state index < -0.39 is 0 Å². The van der Waals surface area contributed by atoms with Crippen LogP contribution in [0.4, 0.5) is 0 Å². The minimum absolute atomic E-state index is 0.191. The van der Waals surface area contributed by atoms with Crippen LogP contribution in [-0.2, 0) is 4.74 Å². The van der Waals surface area contributed by atoms with Gasteiger partial charge in [0.2, 0.25) is 0 Å². The molecule has 0 aromatic rings. The summed E-state index contributed by atoms with van der Waals surface area (Å²) in [6, 6.07) is 0.804. The topological polar surface area (TPSA) is 35.9 Å². The molecule has 116 valence electrons. The second-order valence-electron chi connectivity index (χ2n) is 6.82. The van der Waals surface area contributed by atoms with Crippen molar-refractivity contribution in [3.63, 3.8) is 0 Å². The number of nitrogens with zero attached hydrogens (tertiary/aromatic N) is 2. The molecule has 3 aliphatic heterocycles. The lowest BCUT2D eigenvalue weighted by Crippen LogP contribution is -2.48. The molecule has 3 heterocycles. The zero-order chi connectivity index (χ0) is 13.8. The molecular formula is C16H30N2O2. The molecule has 3 rings (SSSR count). The number of aliphatic hydroxyl groups excluding tert-OH is 1. The number of ether oxygens (including phenoxy) is 1. The summed E-state index contributed by atoms with van der Waals surface area (Å²) in [6.07, 6.45) is 7.61. The van der Waals surface area contributed by atoms with Gasteiger partial charge in [-0.05, 0) is 58.3 Å². The molecule has 4 heteroatoms. The first-order chi connectivity index (χ1) is 9.83. The summed E-state index contributed by atoms with van der Waals surface area (Å²) < 4.78 is 5.38. The van der Waals surface area contributed by atoms with Crippen LogP contribution in [0, 0.1) is 5.92 Å². The van der Waals surface area contributed by atoms with Gasteiger partial charge in [-0.3, -0.25) is 0 Å². The highest BCUT2D eigenvalue weighted by Gasteiger charge is 2.29. The van der Waals surface area contributed by atoms with Crippen LogP contribution in [0.3, 0.4) is 0 Å². The zero-order valence-corrected chi connectivity index (χ0v) is 12.7. The van der Waals surface area contributed by atoms with Crippen molar-refractivity contribution in [3.05, 3.63) is 0 Å². The van der Waals surface area contributed by atoms with Crippen molar-refractivity contribution >= 4 is 0 Å². The summed E-state index contributed by atoms with van der Waals surface area (Å²) in [5.74, 6) is 0.370. The summed E-state index contributed by atoms with van der Waals surface area (Å²) in [4.78, 5) is 5.17. The van der Waals surface area contributed by atoms with Crippen LogP contribution >= 0.6 is 0 Å². The Hall–Kier alpha value is -0.160. The number of likely N-dealkylation sites (tertiary alicyclic amines) is 2. The lowest BCUT2D eigenvalue weighted by molar-refractivity contribution is 0.0323. The monoisotopic (exact) mass is 282 g/mol. The normalized spacial score (nSPS) is 32.5. The Kier molecular flexibility index (Phi) is 5.32. The van der Waals surface area contributed by atoms with Crippen molar-refractivity contribution in [2.45, 2.75) is 50.7 Å². The van der Waals surface area contributed by atoms with Crippen LogP contribution in [0.25, 0.3) is 0 Å². The smallest absolute Gasteiger partial charge is 0.0718 e. The third kappa shape index (κ3) is 3.73. The van der Waals surface area contributed by atoms with Crippen LogP contribution in [0.5, 0.6) is 0 Å². The van der Waals surface area contributed by atoms with Crippen LogP contribution in [-0.4, -0.2) is 73.0 Å². The number of hydrogen-bond donors (Lipinski definition) is 1. The molecule has 0 aliphatic carbocycles. The third-order valence-electron chi connectivity index (χ3n) is 5.42. The van der Waals surface area contributed by atoms with Crippen molar-refractivity contribution in [2.24, 2.45) is 5.92 Å². The summed E-state index contributed by atoms with van der Waals surface area (Å²) in [7, 11) is 0. The van der Waals surface area contributed by atoms with E-state index in [1.807, 2.05) is 0 Å². The number of β-amino-alcohol motifs (C(OH)–C–C–N with tert-alkyl or cyclic N) is 1. The SMILES string of the molecule is OC(CN1CCC(N2CCCCC2)CC1)C1CCOC1. The van der Waals surface area contributed by atoms with E-state index in [1.165, 1.54) is 45.2 Å². The largest absolute Gasteiger partial charge is 0.391 e. The number of piperidine rings is 2. The highest BCUT2D eigenvalue weighted by molar-refractivity contribution is 4.84. The highest BCUT2D eigenvalue weighted by atomic mass is 16.5. The maximum absolute atomic E-state index is 10.3. The van der Waals surface area contributed by atoms with E-state index in [-0.39, 0.29) is 6.10 Å². The zero-order valence-electron chi connectivity index (χ0n) is 12.7. The van der Waals surface area contributed by atoms with E-state index >= 15 is 0 Å². The number of hydrogen-bond acceptors (Lipinski definition) is 4. The van der Waals surface area contributed by atoms with Crippen molar-refractivity contribution in [1.29, 1.82) is 0 Å². The second kappa shape index (κ2) is 7.21. The minimum atomic E-state index is -0.191. The molecule has 20 heavy (non-hydrogen) atoms. The van der Waals surface area contributed by atoms with Gasteiger partial charge in [-0.2, -0.15) is 0 Å². The molecule has 3 aliphatic rings. The summed E-state index contributed by atoms with van der Waals surface area (Å²) in [6.45, 7) is 7.38. The van der Waals surface area contributed by atoms with Gasteiger partial charge in [-0.1, -0.05) is 6.42 Å². The molecule has 3 saturated heterocycles. The molecule has 0 aromatic carbocycles. The van der Waals surface area contributed by atoms with E-state index in [2.05, 4.69) is 9.80 Å². The molecule has 0 spiro atoms. The molecule has 0 amide bonds. The van der Waals surface area contributed by atoms with Crippen molar-refractivity contribution in [2.75, 3.05) is 45.9 Å². The molecule has 1 N–H and O–H groups in total. The van der Waals surface area contributed by atoms with Gasteiger partial charge in [-0.15, -0.1) is 0 Å². The Morgan fingerprint density at radius 2 is 1.75 bits per heavy atom. The maximum Gasteiger partial charge on any atom is 0.0718 e. The predicted molar refractivity (Wildman–Crippen MR) is 79.8 cm³/mol. The Labute approximate surface area is 123 Å². The quantitative estimate of drug-likeness (QED) is 0.844. The molecule has 0 radical (unpaired) electrons. The van der Waals surface area contributed by atoms with E-state index in [9.17, 15) is 5.11 Å². The number of aliphatic hydroxyl groups is 1. The first kappa shape index (κ1) is 14.8. The van der Waals surface area contributed by atoms with Gasteiger partial charge >= 0.3 is 0 Å². The second-order valence-corrected chi connectivity index (χ2v) is 6.82. The van der Waals surface area contributed by atoms with Crippen LogP contribution in [0.1, 0.15) is 38.5 Å². The fourth-order valence-electron chi connectivity index (χ4n) is 4.02. The third-order valence-corrected chi connectivity index (χ3v) is 5.42. The molecule has 3 fully saturated rings. The number of rotatable bonds is 4. The van der Waals surface area contributed by atoms with Crippen LogP contribution < -0.4 is 0 Å². The Morgan fingerprint density at radius 3 is 2.40 bits per heavy atom. The van der Waals surface area contributed by atoms with E-state index in [1.54, 1.807) is 0 Å². The van der Waals surface area contributed by atoms with Gasteiger partial charge in [0.05, 0.1) is 12.7 Å². The average Bonchev–Trinajstić information content (AvgIpc) is 3.03. The van der Waals surface area contributed by atoms with Crippen molar-refractivity contribution in [1.82, 2.24) is 9.80 Å². The Balaban J connectivity index is 1.39. The first-order valence-corrected chi connectivity index (χ1v) is 8.55. The van der Waals surface area contributed by atoms with Gasteiger partial charge in [0.1, 0.15) is 0 Å². The molecule has 0 bridgehead atoms. The highest BCUT2D eigenvalue weighted by Crippen LogP contribution is 2.22. The summed E-state index contributed by atoms with van der Waals surface area (Å²) in [5.41, 5.74) is 0. The molecule has 4 nitrogen and oxygen atoms in total. The predicted octanol–water partition coefficient (Wildman–Crippen LogP) is 1.33. The van der Waals surface area contributed by atoms with Gasteiger partial charge in [-0.25, -0.2) is 0 Å². The lowest BCUT2D eigenvalue weighted by Gasteiger charge is -2.40. The molecule has 2 unspecified atom stereocenters. The standard InChI is InChI=1S/C16H30N2O2/c19-16(14-6-11-20-13-14)12-17-9-4-15(5-10-17)18-7-2-1-3-8-18/h14-16,19H,1-13H2. The van der Waals surface area contributed by atoms with Gasteiger partial charge < -0.3 is 19.6 Å². The van der Waals surface area contributed by atoms with E-state index in [0.717, 1.165) is 45.3 Å². The average molecular weight is 282 g/mol. The van der Waals surface area contributed by atoms with E-state index in [4.69, 9.17) is 4.74 Å². The Bertz CT molecular complexity index is 280. The lowest BCUT2D eigenvalue weighted by atomic mass is 9.97. The van der Waals surface area contributed by atoms with Gasteiger partial charge in [0.25, 0.3) is 0 Å². The molecule has 2 atom stereocenters. The summed E-state index contributed by atoms with van der Waals surface area (Å²) in [5, 5.41) is 10.3. The Morgan fingerprint density at radius 1 is 1.00 bits per heavy atom. The molecule has 0 saturated carbocycles. The van der Waals surface area contributed by atoms with Crippen LogP contribution in [0.15, 0.2) is 0 Å². The first-order valence-electron chi connectivity index (χ1n) is 8.55. The molecule has 0 aromatic heterocycles. The van der Waals surface area contributed by atoms with E-state index in [0.29, 0.717) is 5.92 Å². The fraction of sp³-hybridized carbons (Fsp3) is 1.00. The fourth-order valence-corrected chi connectivity index (χ4v) is 4.02. The minimum Gasteiger partial charge on any atom is -0.391 e.